The topological polar surface area (TPSA) is 98.4 Å². The summed E-state index contributed by atoms with van der Waals surface area (Å²) < 4.78 is 28.9. The van der Waals surface area contributed by atoms with Crippen LogP contribution in [0.5, 0.6) is 0 Å². The number of carbonyl (C=O) groups excluding carboxylic acids is 1. The zero-order chi connectivity index (χ0) is 24.1. The first-order chi connectivity index (χ1) is 15.7. The maximum Gasteiger partial charge on any atom is 1.00 e. The third-order valence-corrected chi connectivity index (χ3v) is 5.06. The molecule has 0 saturated heterocycles. The minimum Gasteiger partial charge on any atom is -0.550 e. The van der Waals surface area contributed by atoms with Crippen LogP contribution in [0.15, 0.2) is 54.6 Å². The molecule has 3 aromatic rings. The molecule has 0 fully saturated rings. The van der Waals surface area contributed by atoms with E-state index in [2.05, 4.69) is 0 Å². The molecule has 2 aromatic carbocycles. The third kappa shape index (κ3) is 7.07. The van der Waals surface area contributed by atoms with E-state index in [9.17, 15) is 28.9 Å². The number of aliphatic carboxylic acids is 1. The van der Waals surface area contributed by atoms with Crippen LogP contribution in [0.4, 0.5) is 8.78 Å². The Morgan fingerprint density at radius 2 is 1.56 bits per heavy atom. The van der Waals surface area contributed by atoms with Gasteiger partial charge in [0.05, 0.1) is 23.6 Å². The van der Waals surface area contributed by atoms with Crippen LogP contribution < -0.4 is 34.7 Å². The van der Waals surface area contributed by atoms with Gasteiger partial charge in [-0.05, 0) is 54.6 Å². The van der Waals surface area contributed by atoms with Gasteiger partial charge in [-0.25, -0.2) is 13.8 Å². The number of halogens is 2. The van der Waals surface area contributed by atoms with Gasteiger partial charge in [-0.2, -0.15) is 0 Å². The molecule has 1 heterocycles. The summed E-state index contributed by atoms with van der Waals surface area (Å²) in [7, 11) is 0. The molecule has 0 bridgehead atoms. The number of carbonyl (C=O) groups is 1. The predicted molar refractivity (Wildman–Crippen MR) is 119 cm³/mol. The second kappa shape index (κ2) is 12.4. The Kier molecular flexibility index (Phi) is 10.1. The number of nitrogens with zero attached hydrogens (tertiary/aromatic N) is 2. The standard InChI is InChI=1S/C25H26F2N2O4.Na/c1-15(2)25-28-23(16-3-7-18(26)8-4-16)24(17-5-9-19(27)10-6-17)29(25)12-11-20(30)13-21(31)14-22(32)33;/h3-12,15,20-21,30-31H,13-14H2,1-2H3,(H,32,33);/q;+1/p-1/b12-11+;. The van der Waals surface area contributed by atoms with E-state index in [1.54, 1.807) is 35.0 Å². The Labute approximate surface area is 218 Å². The number of rotatable bonds is 9. The van der Waals surface area contributed by atoms with E-state index in [1.165, 1.54) is 30.3 Å². The van der Waals surface area contributed by atoms with Gasteiger partial charge >= 0.3 is 29.6 Å². The number of carboxylic acids is 1. The molecule has 0 radical (unpaired) electrons. The first kappa shape index (κ1) is 27.9. The predicted octanol–water partition coefficient (Wildman–Crippen LogP) is 0.345. The van der Waals surface area contributed by atoms with E-state index >= 15 is 0 Å². The average molecular weight is 478 g/mol. The molecular weight excluding hydrogens is 453 g/mol. The van der Waals surface area contributed by atoms with E-state index in [-0.39, 0.29) is 47.7 Å². The molecule has 2 unspecified atom stereocenters. The summed E-state index contributed by atoms with van der Waals surface area (Å²) in [6.07, 6.45) is -0.140. The average Bonchev–Trinajstić information content (AvgIpc) is 3.12. The normalized spacial score (nSPS) is 13.1. The van der Waals surface area contributed by atoms with Gasteiger partial charge in [-0.1, -0.05) is 13.8 Å². The molecule has 6 nitrogen and oxygen atoms in total. The zero-order valence-corrected chi connectivity index (χ0v) is 21.3. The Bertz CT molecular complexity index is 1130. The number of carboxylic acid groups (broad SMARTS) is 1. The zero-order valence-electron chi connectivity index (χ0n) is 19.3. The molecule has 34 heavy (non-hydrogen) atoms. The number of hydrogen-bond donors (Lipinski definition) is 2. The van der Waals surface area contributed by atoms with Crippen LogP contribution >= 0.6 is 0 Å². The van der Waals surface area contributed by atoms with Crippen molar-refractivity contribution in [2.75, 3.05) is 0 Å². The van der Waals surface area contributed by atoms with Gasteiger partial charge in [0, 0.05) is 42.1 Å². The maximum atomic E-state index is 13.6. The fourth-order valence-corrected chi connectivity index (χ4v) is 3.52. The first-order valence-electron chi connectivity index (χ1n) is 10.5. The molecule has 0 amide bonds. The number of aliphatic hydroxyl groups excluding tert-OH is 2. The first-order valence-corrected chi connectivity index (χ1v) is 10.5. The monoisotopic (exact) mass is 478 g/mol. The Balaban J connectivity index is 0.00000408. The van der Waals surface area contributed by atoms with E-state index in [4.69, 9.17) is 4.98 Å². The van der Waals surface area contributed by atoms with E-state index < -0.39 is 30.4 Å². The SMILES string of the molecule is CC(C)c1nc(-c2ccc(F)cc2)c(-c2ccc(F)cc2)n1/C=C/C(O)CC(O)CC(=O)[O-].[Na+]. The van der Waals surface area contributed by atoms with Crippen molar-refractivity contribution < 1.29 is 58.5 Å². The molecule has 0 aliphatic carbocycles. The van der Waals surface area contributed by atoms with Crippen molar-refractivity contribution in [3.05, 3.63) is 72.1 Å². The van der Waals surface area contributed by atoms with Crippen LogP contribution in [0.25, 0.3) is 28.7 Å². The van der Waals surface area contributed by atoms with E-state index in [1.807, 2.05) is 13.8 Å². The minimum atomic E-state index is -1.40. The third-order valence-electron chi connectivity index (χ3n) is 5.06. The molecule has 174 valence electrons. The van der Waals surface area contributed by atoms with Crippen molar-refractivity contribution in [1.29, 1.82) is 0 Å². The number of benzene rings is 2. The van der Waals surface area contributed by atoms with Gasteiger partial charge in [0.15, 0.2) is 0 Å². The van der Waals surface area contributed by atoms with Crippen LogP contribution in [0, 0.1) is 11.6 Å². The van der Waals surface area contributed by atoms with Gasteiger partial charge in [0.2, 0.25) is 0 Å². The fraction of sp³-hybridized carbons (Fsp3) is 0.280. The molecule has 9 heteroatoms. The van der Waals surface area contributed by atoms with Crippen molar-refractivity contribution in [2.24, 2.45) is 0 Å². The van der Waals surface area contributed by atoms with Crippen molar-refractivity contribution in [2.45, 2.75) is 44.8 Å². The van der Waals surface area contributed by atoms with Crippen molar-refractivity contribution in [3.8, 4) is 22.5 Å². The Morgan fingerprint density at radius 1 is 1.03 bits per heavy atom. The second-order valence-corrected chi connectivity index (χ2v) is 8.08. The van der Waals surface area contributed by atoms with Crippen LogP contribution in [-0.2, 0) is 4.79 Å². The summed E-state index contributed by atoms with van der Waals surface area (Å²) in [4.78, 5) is 15.4. The smallest absolute Gasteiger partial charge is 0.550 e. The molecule has 0 aliphatic rings. The van der Waals surface area contributed by atoms with Crippen LogP contribution in [-0.4, -0.2) is 37.9 Å². The summed E-state index contributed by atoms with van der Waals surface area (Å²) in [5, 5.41) is 30.7. The van der Waals surface area contributed by atoms with E-state index in [0.29, 0.717) is 28.3 Å². The number of hydrogen-bond acceptors (Lipinski definition) is 5. The minimum absolute atomic E-state index is 0. The van der Waals surface area contributed by atoms with Gasteiger partial charge in [-0.3, -0.25) is 0 Å². The van der Waals surface area contributed by atoms with Gasteiger partial charge < -0.3 is 24.7 Å². The quantitative estimate of drug-likeness (QED) is 0.433. The van der Waals surface area contributed by atoms with Crippen LogP contribution in [0.2, 0.25) is 0 Å². The van der Waals surface area contributed by atoms with Crippen molar-refractivity contribution in [3.63, 3.8) is 0 Å². The summed E-state index contributed by atoms with van der Waals surface area (Å²) in [5.74, 6) is -1.58. The van der Waals surface area contributed by atoms with Gasteiger partial charge in [-0.15, -0.1) is 0 Å². The Hall–Kier alpha value is -2.36. The van der Waals surface area contributed by atoms with Crippen LogP contribution in [0.1, 0.15) is 38.4 Å². The molecule has 0 saturated carbocycles. The molecule has 0 spiro atoms. The fourth-order valence-electron chi connectivity index (χ4n) is 3.52. The number of aliphatic hydroxyl groups is 2. The van der Waals surface area contributed by atoms with Crippen LogP contribution in [0.3, 0.4) is 0 Å². The summed E-state index contributed by atoms with van der Waals surface area (Å²) in [6.45, 7) is 3.88. The molecule has 0 aliphatic heterocycles. The van der Waals surface area contributed by atoms with Crippen molar-refractivity contribution >= 4 is 12.2 Å². The maximum absolute atomic E-state index is 13.6. The summed E-state index contributed by atoms with van der Waals surface area (Å²) >= 11 is 0. The number of imidazole rings is 1. The largest absolute Gasteiger partial charge is 1.00 e. The van der Waals surface area contributed by atoms with Crippen molar-refractivity contribution in [1.82, 2.24) is 9.55 Å². The van der Waals surface area contributed by atoms with Gasteiger partial charge in [0.1, 0.15) is 17.5 Å². The van der Waals surface area contributed by atoms with Gasteiger partial charge in [0.25, 0.3) is 0 Å². The molecular formula is C25H25F2N2NaO4. The Morgan fingerprint density at radius 3 is 2.06 bits per heavy atom. The summed E-state index contributed by atoms with van der Waals surface area (Å²) in [5.41, 5.74) is 2.49. The molecule has 3 rings (SSSR count). The summed E-state index contributed by atoms with van der Waals surface area (Å²) in [6, 6.07) is 11.7. The number of aromatic nitrogens is 2. The second-order valence-electron chi connectivity index (χ2n) is 8.08. The molecule has 2 atom stereocenters. The molecule has 1 aromatic heterocycles. The van der Waals surface area contributed by atoms with E-state index in [0.717, 1.165) is 0 Å². The molecule has 2 N–H and O–H groups in total.